The van der Waals surface area contributed by atoms with Crippen LogP contribution in [-0.2, 0) is 0 Å². The van der Waals surface area contributed by atoms with E-state index in [0.29, 0.717) is 0 Å². The van der Waals surface area contributed by atoms with Crippen molar-refractivity contribution in [3.63, 3.8) is 0 Å². The second-order valence-electron chi connectivity index (χ2n) is 3.61. The lowest BCUT2D eigenvalue weighted by Gasteiger charge is -1.99. The maximum absolute atomic E-state index is 11.7. The minimum absolute atomic E-state index is 0.0315. The van der Waals surface area contributed by atoms with Gasteiger partial charge in [0.25, 0.3) is 11.4 Å². The molecule has 0 aliphatic heterocycles. The number of nitrogens with zero attached hydrogens (tertiary/aromatic N) is 2. The molecule has 3 rings (SSSR count). The minimum atomic E-state index is -0.697. The zero-order chi connectivity index (χ0) is 12.5. The van der Waals surface area contributed by atoms with Gasteiger partial charge in [0, 0.05) is 6.20 Å². The molecular formula is C11H8N4O3. The molecule has 2 heterocycles. The van der Waals surface area contributed by atoms with E-state index in [2.05, 4.69) is 15.3 Å². The lowest BCUT2D eigenvalue weighted by atomic mass is 10.3. The standard InChI is InChI=1S/C11H8N4O3/c16-9-8(10-12-13-11(17)18-10)6-15(14-9)7-4-2-1-3-5-7/h1-6H,(H,13,17)(H,14,16). The number of benzene rings is 1. The van der Waals surface area contributed by atoms with Gasteiger partial charge in [-0.15, -0.1) is 5.10 Å². The molecule has 0 unspecified atom stereocenters. The van der Waals surface area contributed by atoms with Gasteiger partial charge in [-0.3, -0.25) is 14.6 Å². The van der Waals surface area contributed by atoms with Crippen LogP contribution in [0.4, 0.5) is 0 Å². The Morgan fingerprint density at radius 1 is 1.17 bits per heavy atom. The third kappa shape index (κ3) is 1.67. The summed E-state index contributed by atoms with van der Waals surface area (Å²) in [7, 11) is 0. The van der Waals surface area contributed by atoms with Crippen LogP contribution in [0.25, 0.3) is 17.1 Å². The Morgan fingerprint density at radius 3 is 2.61 bits per heavy atom. The molecule has 0 saturated heterocycles. The molecule has 90 valence electrons. The number of aromatic amines is 2. The van der Waals surface area contributed by atoms with E-state index in [1.54, 1.807) is 0 Å². The largest absolute Gasteiger partial charge is 0.434 e. The summed E-state index contributed by atoms with van der Waals surface area (Å²) in [6.45, 7) is 0. The summed E-state index contributed by atoms with van der Waals surface area (Å²) in [5, 5.41) is 8.34. The molecule has 7 nitrogen and oxygen atoms in total. The van der Waals surface area contributed by atoms with E-state index in [9.17, 15) is 9.59 Å². The van der Waals surface area contributed by atoms with Gasteiger partial charge in [0.05, 0.1) is 5.69 Å². The molecule has 1 aromatic carbocycles. The molecule has 0 aliphatic rings. The molecule has 3 aromatic rings. The van der Waals surface area contributed by atoms with E-state index in [1.807, 2.05) is 30.3 Å². The van der Waals surface area contributed by atoms with Gasteiger partial charge in [0.15, 0.2) is 0 Å². The molecule has 18 heavy (non-hydrogen) atoms. The van der Waals surface area contributed by atoms with Gasteiger partial charge in [0.1, 0.15) is 5.56 Å². The number of H-pyrrole nitrogens is 2. The van der Waals surface area contributed by atoms with E-state index in [0.717, 1.165) is 5.69 Å². The number of hydrogen-bond donors (Lipinski definition) is 2. The Morgan fingerprint density at radius 2 is 1.94 bits per heavy atom. The Kier molecular flexibility index (Phi) is 2.23. The van der Waals surface area contributed by atoms with Gasteiger partial charge in [-0.25, -0.2) is 9.89 Å². The quantitative estimate of drug-likeness (QED) is 0.686. The van der Waals surface area contributed by atoms with Crippen molar-refractivity contribution in [1.82, 2.24) is 20.0 Å². The zero-order valence-electron chi connectivity index (χ0n) is 9.08. The fourth-order valence-electron chi connectivity index (χ4n) is 1.61. The lowest BCUT2D eigenvalue weighted by Crippen LogP contribution is -2.05. The Balaban J connectivity index is 2.12. The van der Waals surface area contributed by atoms with Crippen LogP contribution in [0.3, 0.4) is 0 Å². The highest BCUT2D eigenvalue weighted by Crippen LogP contribution is 2.11. The van der Waals surface area contributed by atoms with Gasteiger partial charge in [-0.05, 0) is 12.1 Å². The molecule has 0 amide bonds. The zero-order valence-corrected chi connectivity index (χ0v) is 9.08. The van der Waals surface area contributed by atoms with Crippen LogP contribution in [0.5, 0.6) is 0 Å². The molecule has 0 bridgehead atoms. The first-order chi connectivity index (χ1) is 8.74. The van der Waals surface area contributed by atoms with Crippen molar-refractivity contribution in [1.29, 1.82) is 0 Å². The van der Waals surface area contributed by atoms with Crippen LogP contribution in [-0.4, -0.2) is 20.0 Å². The second kappa shape index (κ2) is 3.88. The van der Waals surface area contributed by atoms with E-state index in [1.165, 1.54) is 10.9 Å². The first kappa shape index (κ1) is 10.3. The second-order valence-corrected chi connectivity index (χ2v) is 3.61. The summed E-state index contributed by atoms with van der Waals surface area (Å²) in [6.07, 6.45) is 1.52. The summed E-state index contributed by atoms with van der Waals surface area (Å²) in [6, 6.07) is 9.24. The SMILES string of the molecule is O=c1[nH]nc(-c2cn(-c3ccccc3)[nH]c2=O)o1. The maximum atomic E-state index is 11.7. The lowest BCUT2D eigenvalue weighted by molar-refractivity contribution is 0.526. The fourth-order valence-corrected chi connectivity index (χ4v) is 1.61. The molecule has 2 N–H and O–H groups in total. The first-order valence-electron chi connectivity index (χ1n) is 5.17. The molecule has 7 heteroatoms. The number of para-hydroxylation sites is 1. The molecule has 0 fully saturated rings. The van der Waals surface area contributed by atoms with E-state index >= 15 is 0 Å². The first-order valence-corrected chi connectivity index (χ1v) is 5.17. The van der Waals surface area contributed by atoms with Gasteiger partial charge < -0.3 is 4.42 Å². The van der Waals surface area contributed by atoms with Crippen LogP contribution in [0.2, 0.25) is 0 Å². The van der Waals surface area contributed by atoms with Gasteiger partial charge in [0.2, 0.25) is 0 Å². The van der Waals surface area contributed by atoms with E-state index in [4.69, 9.17) is 4.42 Å². The van der Waals surface area contributed by atoms with Crippen molar-refractivity contribution in [3.05, 3.63) is 57.4 Å². The minimum Gasteiger partial charge on any atom is -0.387 e. The van der Waals surface area contributed by atoms with Crippen LogP contribution in [0.15, 0.2) is 50.5 Å². The van der Waals surface area contributed by atoms with Crippen LogP contribution < -0.4 is 11.3 Å². The number of nitrogens with one attached hydrogen (secondary N) is 2. The Labute approximate surface area is 99.7 Å². The predicted molar refractivity (Wildman–Crippen MR) is 62.5 cm³/mol. The molecule has 0 spiro atoms. The monoisotopic (exact) mass is 244 g/mol. The summed E-state index contributed by atoms with van der Waals surface area (Å²) in [4.78, 5) is 22.6. The summed E-state index contributed by atoms with van der Waals surface area (Å²) >= 11 is 0. The molecular weight excluding hydrogens is 236 g/mol. The van der Waals surface area contributed by atoms with Gasteiger partial charge >= 0.3 is 5.76 Å². The van der Waals surface area contributed by atoms with Crippen molar-refractivity contribution in [2.45, 2.75) is 0 Å². The highest BCUT2D eigenvalue weighted by atomic mass is 16.4. The third-order valence-electron chi connectivity index (χ3n) is 2.43. The number of rotatable bonds is 2. The van der Waals surface area contributed by atoms with Crippen molar-refractivity contribution in [2.24, 2.45) is 0 Å². The number of hydrogen-bond acceptors (Lipinski definition) is 4. The number of aromatic nitrogens is 4. The normalized spacial score (nSPS) is 10.7. The average Bonchev–Trinajstić information content (AvgIpc) is 2.97. The average molecular weight is 244 g/mol. The molecule has 0 radical (unpaired) electrons. The van der Waals surface area contributed by atoms with Gasteiger partial charge in [-0.1, -0.05) is 18.2 Å². The van der Waals surface area contributed by atoms with Crippen molar-refractivity contribution in [3.8, 4) is 17.1 Å². The molecule has 0 atom stereocenters. The maximum Gasteiger partial charge on any atom is 0.434 e. The summed E-state index contributed by atoms with van der Waals surface area (Å²) in [5.41, 5.74) is 0.602. The van der Waals surface area contributed by atoms with Crippen LogP contribution in [0, 0.1) is 0 Å². The van der Waals surface area contributed by atoms with Crippen molar-refractivity contribution >= 4 is 0 Å². The predicted octanol–water partition coefficient (Wildman–Crippen LogP) is 0.509. The van der Waals surface area contributed by atoms with E-state index in [-0.39, 0.29) is 17.0 Å². The van der Waals surface area contributed by atoms with Crippen molar-refractivity contribution < 1.29 is 4.42 Å². The third-order valence-corrected chi connectivity index (χ3v) is 2.43. The Bertz CT molecular complexity index is 778. The topological polar surface area (TPSA) is 96.7 Å². The highest BCUT2D eigenvalue weighted by molar-refractivity contribution is 5.50. The summed E-state index contributed by atoms with van der Waals surface area (Å²) < 4.78 is 6.28. The summed E-state index contributed by atoms with van der Waals surface area (Å²) in [5.74, 6) is -0.729. The molecule has 0 saturated carbocycles. The van der Waals surface area contributed by atoms with Crippen molar-refractivity contribution in [2.75, 3.05) is 0 Å². The smallest absolute Gasteiger partial charge is 0.387 e. The fraction of sp³-hybridized carbons (Fsp3) is 0. The highest BCUT2D eigenvalue weighted by Gasteiger charge is 2.13. The van der Waals surface area contributed by atoms with Crippen LogP contribution in [0.1, 0.15) is 0 Å². The van der Waals surface area contributed by atoms with Gasteiger partial charge in [-0.2, -0.15) is 0 Å². The molecule has 0 aliphatic carbocycles. The van der Waals surface area contributed by atoms with Crippen LogP contribution >= 0.6 is 0 Å². The molecule has 2 aromatic heterocycles. The Hall–Kier alpha value is -2.83. The van der Waals surface area contributed by atoms with E-state index < -0.39 is 5.76 Å².